The lowest BCUT2D eigenvalue weighted by molar-refractivity contribution is 0.0929. The van der Waals surface area contributed by atoms with Crippen LogP contribution in [0.25, 0.3) is 0 Å². The smallest absolute Gasteiger partial charge is 0.291 e. The molecule has 2 heterocycles. The maximum absolute atomic E-state index is 12.3. The topological polar surface area (TPSA) is 83.4 Å². The summed E-state index contributed by atoms with van der Waals surface area (Å²) in [4.78, 5) is 24.3. The number of anilines is 1. The van der Waals surface area contributed by atoms with Gasteiger partial charge in [-0.3, -0.25) is 9.59 Å². The molecule has 0 bridgehead atoms. The van der Waals surface area contributed by atoms with Crippen LogP contribution in [-0.4, -0.2) is 30.9 Å². The third-order valence-electron chi connectivity index (χ3n) is 3.76. The Hall–Kier alpha value is -2.60. The highest BCUT2D eigenvalue weighted by Crippen LogP contribution is 2.13. The molecule has 6 heteroatoms. The fraction of sp³-hybridized carbons (Fsp3) is 0.294. The minimum Gasteiger partial charge on any atom is -0.459 e. The van der Waals surface area contributed by atoms with Crippen LogP contribution in [0.4, 0.5) is 5.69 Å². The van der Waals surface area contributed by atoms with Crippen LogP contribution in [0.5, 0.6) is 0 Å². The summed E-state index contributed by atoms with van der Waals surface area (Å²) in [7, 11) is 0. The first kappa shape index (κ1) is 15.3. The molecule has 0 unspecified atom stereocenters. The van der Waals surface area contributed by atoms with Crippen molar-refractivity contribution in [2.24, 2.45) is 0 Å². The number of hydrogen-bond donors (Lipinski definition) is 3. The summed E-state index contributed by atoms with van der Waals surface area (Å²) < 4.78 is 5.05. The van der Waals surface area contributed by atoms with E-state index in [1.807, 2.05) is 0 Å². The first-order chi connectivity index (χ1) is 11.2. The fourth-order valence-electron chi connectivity index (χ4n) is 2.58. The van der Waals surface area contributed by atoms with Gasteiger partial charge >= 0.3 is 0 Å². The Morgan fingerprint density at radius 2 is 2.09 bits per heavy atom. The van der Waals surface area contributed by atoms with Crippen LogP contribution in [-0.2, 0) is 0 Å². The van der Waals surface area contributed by atoms with Gasteiger partial charge in [-0.2, -0.15) is 0 Å². The monoisotopic (exact) mass is 313 g/mol. The largest absolute Gasteiger partial charge is 0.459 e. The molecule has 6 nitrogen and oxygen atoms in total. The molecule has 0 spiro atoms. The summed E-state index contributed by atoms with van der Waals surface area (Å²) in [6.45, 7) is 1.79. The molecular formula is C17H19N3O3. The van der Waals surface area contributed by atoms with Gasteiger partial charge < -0.3 is 20.4 Å². The van der Waals surface area contributed by atoms with E-state index >= 15 is 0 Å². The lowest BCUT2D eigenvalue weighted by atomic mass is 10.1. The number of nitrogens with one attached hydrogen (secondary N) is 3. The molecule has 120 valence electrons. The Morgan fingerprint density at radius 3 is 2.83 bits per heavy atom. The second-order valence-electron chi connectivity index (χ2n) is 5.53. The predicted octanol–water partition coefficient (Wildman–Crippen LogP) is 2.01. The molecule has 23 heavy (non-hydrogen) atoms. The molecule has 1 saturated heterocycles. The Bertz CT molecular complexity index is 676. The number of hydrogen-bond acceptors (Lipinski definition) is 4. The van der Waals surface area contributed by atoms with Gasteiger partial charge in [0.2, 0.25) is 0 Å². The second-order valence-corrected chi connectivity index (χ2v) is 5.53. The number of furan rings is 1. The molecule has 1 atom stereocenters. The third-order valence-corrected chi connectivity index (χ3v) is 3.76. The van der Waals surface area contributed by atoms with E-state index < -0.39 is 0 Å². The van der Waals surface area contributed by atoms with E-state index in [0.717, 1.165) is 25.9 Å². The standard InChI is InChI=1S/C17H19N3O3/c21-16(20-14-6-2-8-18-11-14)12-4-1-5-13(10-12)19-17(22)15-7-3-9-23-15/h1,3-5,7,9-10,14,18H,2,6,8,11H2,(H,19,22)(H,20,21)/t14-/m0/s1. The van der Waals surface area contributed by atoms with Crippen LogP contribution in [0.15, 0.2) is 47.1 Å². The van der Waals surface area contributed by atoms with Crippen molar-refractivity contribution in [3.8, 4) is 0 Å². The van der Waals surface area contributed by atoms with Gasteiger partial charge in [0.25, 0.3) is 11.8 Å². The fourth-order valence-corrected chi connectivity index (χ4v) is 2.58. The van der Waals surface area contributed by atoms with Crippen molar-refractivity contribution in [2.75, 3.05) is 18.4 Å². The maximum Gasteiger partial charge on any atom is 0.291 e. The first-order valence-corrected chi connectivity index (χ1v) is 7.69. The van der Waals surface area contributed by atoms with Crippen molar-refractivity contribution in [3.05, 3.63) is 54.0 Å². The Balaban J connectivity index is 1.64. The van der Waals surface area contributed by atoms with E-state index in [0.29, 0.717) is 11.3 Å². The molecule has 3 N–H and O–H groups in total. The summed E-state index contributed by atoms with van der Waals surface area (Å²) in [5.41, 5.74) is 1.08. The van der Waals surface area contributed by atoms with Gasteiger partial charge in [-0.15, -0.1) is 0 Å². The molecule has 1 aliphatic heterocycles. The normalized spacial score (nSPS) is 17.5. The molecule has 0 radical (unpaired) electrons. The molecule has 0 aliphatic carbocycles. The highest BCUT2D eigenvalue weighted by Gasteiger charge is 2.17. The van der Waals surface area contributed by atoms with E-state index in [1.54, 1.807) is 36.4 Å². The van der Waals surface area contributed by atoms with Gasteiger partial charge in [0.1, 0.15) is 0 Å². The molecule has 2 aromatic rings. The number of benzene rings is 1. The van der Waals surface area contributed by atoms with E-state index in [-0.39, 0.29) is 23.6 Å². The van der Waals surface area contributed by atoms with E-state index in [9.17, 15) is 9.59 Å². The molecule has 1 aliphatic rings. The van der Waals surface area contributed by atoms with Crippen LogP contribution in [0.1, 0.15) is 33.8 Å². The summed E-state index contributed by atoms with van der Waals surface area (Å²) in [5.74, 6) is -0.245. The first-order valence-electron chi connectivity index (χ1n) is 7.69. The van der Waals surface area contributed by atoms with Crippen molar-refractivity contribution < 1.29 is 14.0 Å². The quantitative estimate of drug-likeness (QED) is 0.806. The molecule has 2 amide bonds. The molecule has 1 aromatic carbocycles. The van der Waals surface area contributed by atoms with Gasteiger partial charge in [-0.05, 0) is 49.7 Å². The Labute approximate surface area is 134 Å². The van der Waals surface area contributed by atoms with Crippen molar-refractivity contribution in [2.45, 2.75) is 18.9 Å². The number of piperidine rings is 1. The second kappa shape index (κ2) is 7.11. The molecule has 3 rings (SSSR count). The Kier molecular flexibility index (Phi) is 4.73. The maximum atomic E-state index is 12.3. The van der Waals surface area contributed by atoms with Gasteiger partial charge in [-0.1, -0.05) is 6.07 Å². The van der Waals surface area contributed by atoms with Gasteiger partial charge in [-0.25, -0.2) is 0 Å². The van der Waals surface area contributed by atoms with E-state index in [1.165, 1.54) is 6.26 Å². The zero-order valence-electron chi connectivity index (χ0n) is 12.7. The predicted molar refractivity (Wildman–Crippen MR) is 86.5 cm³/mol. The van der Waals surface area contributed by atoms with E-state index in [4.69, 9.17) is 4.42 Å². The van der Waals surface area contributed by atoms with Crippen molar-refractivity contribution >= 4 is 17.5 Å². The molecular weight excluding hydrogens is 294 g/mol. The average Bonchev–Trinajstić information content (AvgIpc) is 3.11. The Morgan fingerprint density at radius 1 is 1.17 bits per heavy atom. The third kappa shape index (κ3) is 3.98. The minimum atomic E-state index is -0.343. The zero-order valence-corrected chi connectivity index (χ0v) is 12.7. The minimum absolute atomic E-state index is 0.132. The van der Waals surface area contributed by atoms with Gasteiger partial charge in [0.05, 0.1) is 6.26 Å². The zero-order chi connectivity index (χ0) is 16.1. The molecule has 0 saturated carbocycles. The SMILES string of the molecule is O=C(N[C@H]1CCCNC1)c1cccc(NC(=O)c2ccco2)c1. The van der Waals surface area contributed by atoms with Crippen LogP contribution < -0.4 is 16.0 Å². The van der Waals surface area contributed by atoms with E-state index in [2.05, 4.69) is 16.0 Å². The lowest BCUT2D eigenvalue weighted by Gasteiger charge is -2.23. The summed E-state index contributed by atoms with van der Waals surface area (Å²) >= 11 is 0. The average molecular weight is 313 g/mol. The van der Waals surface area contributed by atoms with Gasteiger partial charge in [0, 0.05) is 23.8 Å². The van der Waals surface area contributed by atoms with Crippen LogP contribution >= 0.6 is 0 Å². The van der Waals surface area contributed by atoms with Crippen molar-refractivity contribution in [1.82, 2.24) is 10.6 Å². The molecule has 1 aromatic heterocycles. The summed E-state index contributed by atoms with van der Waals surface area (Å²) in [6.07, 6.45) is 3.48. The highest BCUT2D eigenvalue weighted by atomic mass is 16.3. The summed E-state index contributed by atoms with van der Waals surface area (Å²) in [5, 5.41) is 8.99. The molecule has 1 fully saturated rings. The van der Waals surface area contributed by atoms with Crippen LogP contribution in [0.3, 0.4) is 0 Å². The van der Waals surface area contributed by atoms with Crippen LogP contribution in [0.2, 0.25) is 0 Å². The van der Waals surface area contributed by atoms with Crippen molar-refractivity contribution in [3.63, 3.8) is 0 Å². The van der Waals surface area contributed by atoms with Gasteiger partial charge in [0.15, 0.2) is 5.76 Å². The van der Waals surface area contributed by atoms with Crippen LogP contribution in [0, 0.1) is 0 Å². The number of carbonyl (C=O) groups is 2. The van der Waals surface area contributed by atoms with Crippen molar-refractivity contribution in [1.29, 1.82) is 0 Å². The highest BCUT2D eigenvalue weighted by molar-refractivity contribution is 6.03. The number of rotatable bonds is 4. The lowest BCUT2D eigenvalue weighted by Crippen LogP contribution is -2.45. The number of amides is 2. The number of carbonyl (C=O) groups excluding carboxylic acids is 2. The summed E-state index contributed by atoms with van der Waals surface area (Å²) in [6, 6.07) is 10.3.